The van der Waals surface area contributed by atoms with Crippen molar-refractivity contribution in [3.63, 3.8) is 0 Å². The summed E-state index contributed by atoms with van der Waals surface area (Å²) in [5.41, 5.74) is 0. The smallest absolute Gasteiger partial charge is 0.127 e. The number of nitrogens with zero attached hydrogens (tertiary/aromatic N) is 2. The molecule has 152 valence electrons. The van der Waals surface area contributed by atoms with Crippen molar-refractivity contribution in [1.29, 1.82) is 0 Å². The first-order valence-electron chi connectivity index (χ1n) is 9.52. The summed E-state index contributed by atoms with van der Waals surface area (Å²) in [5.74, 6) is 1.53. The van der Waals surface area contributed by atoms with Gasteiger partial charge in [0.15, 0.2) is 0 Å². The van der Waals surface area contributed by atoms with E-state index in [9.17, 15) is 9.50 Å². The summed E-state index contributed by atoms with van der Waals surface area (Å²) in [6.07, 6.45) is -0.570. The monoisotopic (exact) mass is 390 g/mol. The van der Waals surface area contributed by atoms with E-state index in [1.807, 2.05) is 0 Å². The molecular formula is C21H27FN2O4. The zero-order chi connectivity index (χ0) is 19.8. The maximum Gasteiger partial charge on any atom is 0.127 e. The number of benzene rings is 2. The van der Waals surface area contributed by atoms with Gasteiger partial charge in [-0.3, -0.25) is 9.80 Å². The minimum atomic E-state index is -0.570. The number of aliphatic hydroxyl groups is 2. The van der Waals surface area contributed by atoms with Gasteiger partial charge in [-0.15, -0.1) is 0 Å². The number of rotatable bonds is 9. The number of hydrogen-bond acceptors (Lipinski definition) is 6. The molecule has 0 radical (unpaired) electrons. The zero-order valence-electron chi connectivity index (χ0n) is 15.8. The van der Waals surface area contributed by atoms with E-state index in [1.165, 1.54) is 12.1 Å². The highest BCUT2D eigenvalue weighted by atomic mass is 19.1. The Kier molecular flexibility index (Phi) is 7.62. The summed E-state index contributed by atoms with van der Waals surface area (Å²) in [6, 6.07) is 12.9. The topological polar surface area (TPSA) is 65.4 Å². The fourth-order valence-electron chi connectivity index (χ4n) is 3.12. The number of hydrogen-bond donors (Lipinski definition) is 2. The molecule has 7 heteroatoms. The quantitative estimate of drug-likeness (QED) is 0.683. The van der Waals surface area contributed by atoms with Crippen LogP contribution in [0.1, 0.15) is 0 Å². The van der Waals surface area contributed by atoms with Crippen LogP contribution in [0, 0.1) is 5.82 Å². The summed E-state index contributed by atoms with van der Waals surface area (Å²) in [6.45, 7) is 5.25. The molecule has 0 amide bonds. The highest BCUT2D eigenvalue weighted by Crippen LogP contribution is 2.24. The van der Waals surface area contributed by atoms with Crippen molar-refractivity contribution in [2.45, 2.75) is 6.10 Å². The zero-order valence-corrected chi connectivity index (χ0v) is 15.8. The van der Waals surface area contributed by atoms with E-state index in [-0.39, 0.29) is 19.0 Å². The van der Waals surface area contributed by atoms with Crippen LogP contribution < -0.4 is 9.47 Å². The molecule has 6 nitrogen and oxygen atoms in total. The molecule has 1 heterocycles. The third-order valence-electron chi connectivity index (χ3n) is 4.67. The van der Waals surface area contributed by atoms with Crippen molar-refractivity contribution in [2.75, 3.05) is 52.5 Å². The SMILES string of the molecule is OCCN1CCN(CC(O)COc2ccc(Oc3ccc(F)cc3)cc2)CC1. The highest BCUT2D eigenvalue weighted by molar-refractivity contribution is 5.35. The Morgan fingerprint density at radius 2 is 1.39 bits per heavy atom. The first kappa shape index (κ1) is 20.5. The van der Waals surface area contributed by atoms with Crippen LogP contribution in [0.2, 0.25) is 0 Å². The highest BCUT2D eigenvalue weighted by Gasteiger charge is 2.19. The molecule has 2 aromatic carbocycles. The van der Waals surface area contributed by atoms with Gasteiger partial charge in [0.05, 0.1) is 6.61 Å². The van der Waals surface area contributed by atoms with Crippen molar-refractivity contribution < 1.29 is 24.1 Å². The molecule has 3 rings (SSSR count). The minimum absolute atomic E-state index is 0.185. The van der Waals surface area contributed by atoms with Crippen LogP contribution in [-0.2, 0) is 0 Å². The molecule has 0 spiro atoms. The summed E-state index contributed by atoms with van der Waals surface area (Å²) in [5, 5.41) is 19.2. The second-order valence-electron chi connectivity index (χ2n) is 6.86. The predicted octanol–water partition coefficient (Wildman–Crippen LogP) is 1.97. The van der Waals surface area contributed by atoms with Gasteiger partial charge in [-0.25, -0.2) is 4.39 Å². The van der Waals surface area contributed by atoms with E-state index >= 15 is 0 Å². The van der Waals surface area contributed by atoms with Crippen LogP contribution in [-0.4, -0.2) is 78.6 Å². The lowest BCUT2D eigenvalue weighted by Gasteiger charge is -2.35. The van der Waals surface area contributed by atoms with E-state index in [1.54, 1.807) is 36.4 Å². The molecule has 0 saturated carbocycles. The Hall–Kier alpha value is -2.19. The van der Waals surface area contributed by atoms with Crippen molar-refractivity contribution in [3.05, 3.63) is 54.3 Å². The Bertz CT molecular complexity index is 703. The third kappa shape index (κ3) is 6.45. The number of β-amino-alcohol motifs (C(OH)–C–C–N with tert-alkyl or cyclic N) is 2. The van der Waals surface area contributed by atoms with Gasteiger partial charge in [-0.1, -0.05) is 0 Å². The molecule has 0 bridgehead atoms. The lowest BCUT2D eigenvalue weighted by Crippen LogP contribution is -2.49. The Morgan fingerprint density at radius 1 is 0.857 bits per heavy atom. The Morgan fingerprint density at radius 3 is 2.00 bits per heavy atom. The van der Waals surface area contributed by atoms with E-state index in [0.29, 0.717) is 30.3 Å². The van der Waals surface area contributed by atoms with E-state index in [2.05, 4.69) is 9.80 Å². The van der Waals surface area contributed by atoms with E-state index in [0.717, 1.165) is 26.2 Å². The second kappa shape index (κ2) is 10.4. The van der Waals surface area contributed by atoms with Crippen LogP contribution >= 0.6 is 0 Å². The number of piperazine rings is 1. The molecule has 2 N–H and O–H groups in total. The summed E-state index contributed by atoms with van der Waals surface area (Å²) in [7, 11) is 0. The Labute approximate surface area is 164 Å². The molecule has 1 aliphatic rings. The van der Waals surface area contributed by atoms with Crippen LogP contribution in [0.15, 0.2) is 48.5 Å². The predicted molar refractivity (Wildman–Crippen MR) is 104 cm³/mol. The average molecular weight is 390 g/mol. The lowest BCUT2D eigenvalue weighted by molar-refractivity contribution is 0.0428. The molecule has 28 heavy (non-hydrogen) atoms. The summed E-state index contributed by atoms with van der Waals surface area (Å²) in [4.78, 5) is 4.43. The fourth-order valence-corrected chi connectivity index (χ4v) is 3.12. The van der Waals surface area contributed by atoms with Crippen LogP contribution in [0.3, 0.4) is 0 Å². The van der Waals surface area contributed by atoms with Gasteiger partial charge in [0.25, 0.3) is 0 Å². The molecule has 1 unspecified atom stereocenters. The molecule has 1 saturated heterocycles. The average Bonchev–Trinajstić information content (AvgIpc) is 2.71. The van der Waals surface area contributed by atoms with Gasteiger partial charge in [-0.05, 0) is 48.5 Å². The van der Waals surface area contributed by atoms with Gasteiger partial charge in [0, 0.05) is 39.3 Å². The second-order valence-corrected chi connectivity index (χ2v) is 6.86. The van der Waals surface area contributed by atoms with Crippen LogP contribution in [0.25, 0.3) is 0 Å². The van der Waals surface area contributed by atoms with Gasteiger partial charge in [-0.2, -0.15) is 0 Å². The fraction of sp³-hybridized carbons (Fsp3) is 0.429. The Balaban J connectivity index is 1.39. The standard InChI is InChI=1S/C21H27FN2O4/c22-17-1-3-20(4-2-17)28-21-7-5-19(6-8-21)27-16-18(26)15-24-11-9-23(10-12-24)13-14-25/h1-8,18,25-26H,9-16H2. The number of halogens is 1. The molecule has 1 aliphatic heterocycles. The largest absolute Gasteiger partial charge is 0.491 e. The van der Waals surface area contributed by atoms with Crippen molar-refractivity contribution in [1.82, 2.24) is 9.80 Å². The number of ether oxygens (including phenoxy) is 2. The minimum Gasteiger partial charge on any atom is -0.491 e. The van der Waals surface area contributed by atoms with Crippen molar-refractivity contribution in [2.24, 2.45) is 0 Å². The van der Waals surface area contributed by atoms with Crippen LogP contribution in [0.5, 0.6) is 17.2 Å². The maximum absolute atomic E-state index is 12.9. The van der Waals surface area contributed by atoms with E-state index in [4.69, 9.17) is 14.6 Å². The molecule has 1 atom stereocenters. The van der Waals surface area contributed by atoms with Gasteiger partial charge in [0.2, 0.25) is 0 Å². The summed E-state index contributed by atoms with van der Waals surface area (Å²) < 4.78 is 24.2. The van der Waals surface area contributed by atoms with Gasteiger partial charge >= 0.3 is 0 Å². The summed E-state index contributed by atoms with van der Waals surface area (Å²) >= 11 is 0. The third-order valence-corrected chi connectivity index (χ3v) is 4.67. The van der Waals surface area contributed by atoms with Crippen molar-refractivity contribution in [3.8, 4) is 17.2 Å². The van der Waals surface area contributed by atoms with Gasteiger partial charge < -0.3 is 19.7 Å². The first-order chi connectivity index (χ1) is 13.6. The number of aliphatic hydroxyl groups excluding tert-OH is 2. The maximum atomic E-state index is 12.9. The van der Waals surface area contributed by atoms with Crippen LogP contribution in [0.4, 0.5) is 4.39 Å². The lowest BCUT2D eigenvalue weighted by atomic mass is 10.2. The van der Waals surface area contributed by atoms with E-state index < -0.39 is 6.10 Å². The molecule has 1 fully saturated rings. The van der Waals surface area contributed by atoms with Crippen molar-refractivity contribution >= 4 is 0 Å². The normalized spacial score (nSPS) is 16.7. The molecule has 2 aromatic rings. The van der Waals surface area contributed by atoms with Gasteiger partial charge in [0.1, 0.15) is 35.8 Å². The molecule has 0 aliphatic carbocycles. The first-order valence-corrected chi connectivity index (χ1v) is 9.52. The molecular weight excluding hydrogens is 363 g/mol. The molecule has 0 aromatic heterocycles.